The molecule has 0 bridgehead atoms. The van der Waals surface area contributed by atoms with Crippen molar-refractivity contribution >= 4 is 28.6 Å². The molecule has 0 fully saturated rings. The summed E-state index contributed by atoms with van der Waals surface area (Å²) < 4.78 is 0. The minimum atomic E-state index is 0.0315. The predicted octanol–water partition coefficient (Wildman–Crippen LogP) is 3.36. The number of carbonyl (C=O) groups excluding carboxylic acids is 1. The highest BCUT2D eigenvalue weighted by atomic mass is 32.1. The lowest BCUT2D eigenvalue weighted by molar-refractivity contribution is 0.0955. The Morgan fingerprint density at radius 3 is 2.81 bits per heavy atom. The average Bonchev–Trinajstić information content (AvgIpc) is 2.84. The number of nitrogens with one attached hydrogen (secondary N) is 1. The van der Waals surface area contributed by atoms with E-state index in [9.17, 15) is 4.79 Å². The maximum Gasteiger partial charge on any atom is 0.261 e. The van der Waals surface area contributed by atoms with Gasteiger partial charge in [0.05, 0.1) is 11.4 Å². The summed E-state index contributed by atoms with van der Waals surface area (Å²) in [5.74, 6) is 0.0315. The van der Waals surface area contributed by atoms with E-state index in [0.717, 1.165) is 10.4 Å². The van der Waals surface area contributed by atoms with Crippen LogP contribution in [0.1, 0.15) is 25.0 Å². The Labute approximate surface area is 103 Å². The normalized spacial score (nSPS) is 10.4. The fourth-order valence-corrected chi connectivity index (χ4v) is 3.11. The van der Waals surface area contributed by atoms with Crippen LogP contribution in [-0.4, -0.2) is 5.91 Å². The van der Waals surface area contributed by atoms with Gasteiger partial charge >= 0.3 is 0 Å². The molecule has 2 aromatic heterocycles. The number of amides is 1. The van der Waals surface area contributed by atoms with Crippen molar-refractivity contribution in [2.75, 3.05) is 0 Å². The molecule has 0 aliphatic heterocycles. The molecule has 2 aromatic rings. The Morgan fingerprint density at radius 1 is 1.44 bits per heavy atom. The molecule has 16 heavy (non-hydrogen) atoms. The van der Waals surface area contributed by atoms with E-state index in [-0.39, 0.29) is 5.91 Å². The summed E-state index contributed by atoms with van der Waals surface area (Å²) >= 11 is 3.21. The zero-order chi connectivity index (χ0) is 11.5. The second-order valence-electron chi connectivity index (χ2n) is 3.63. The minimum absolute atomic E-state index is 0.0315. The number of hydrogen-bond donors (Lipinski definition) is 1. The first-order chi connectivity index (χ1) is 7.66. The number of hydrogen-bond acceptors (Lipinski definition) is 3. The van der Waals surface area contributed by atoms with E-state index in [2.05, 4.69) is 5.32 Å². The van der Waals surface area contributed by atoms with Crippen molar-refractivity contribution in [3.05, 3.63) is 43.8 Å². The molecule has 0 spiro atoms. The minimum Gasteiger partial charge on any atom is -0.346 e. The Kier molecular flexibility index (Phi) is 3.41. The number of aryl methyl sites for hydroxylation is 2. The predicted molar refractivity (Wildman–Crippen MR) is 69.3 cm³/mol. The molecule has 84 valence electrons. The summed E-state index contributed by atoms with van der Waals surface area (Å²) in [6.07, 6.45) is 0. The van der Waals surface area contributed by atoms with Gasteiger partial charge in [-0.1, -0.05) is 6.07 Å². The van der Waals surface area contributed by atoms with Crippen LogP contribution >= 0.6 is 22.7 Å². The lowest BCUT2D eigenvalue weighted by Crippen LogP contribution is -2.21. The highest BCUT2D eigenvalue weighted by Crippen LogP contribution is 2.20. The van der Waals surface area contributed by atoms with Gasteiger partial charge in [-0.05, 0) is 36.9 Å². The van der Waals surface area contributed by atoms with Crippen molar-refractivity contribution in [2.24, 2.45) is 0 Å². The molecule has 0 radical (unpaired) electrons. The van der Waals surface area contributed by atoms with Gasteiger partial charge in [0.1, 0.15) is 0 Å². The molecule has 2 nitrogen and oxygen atoms in total. The van der Waals surface area contributed by atoms with Crippen LogP contribution in [0.5, 0.6) is 0 Å². The Morgan fingerprint density at radius 2 is 2.25 bits per heavy atom. The fraction of sp³-hybridized carbons (Fsp3) is 0.250. The molecule has 2 rings (SSSR count). The number of thiophene rings is 2. The van der Waals surface area contributed by atoms with Gasteiger partial charge in [-0.25, -0.2) is 0 Å². The molecule has 1 N–H and O–H groups in total. The summed E-state index contributed by atoms with van der Waals surface area (Å²) in [6, 6.07) is 6.06. The van der Waals surface area contributed by atoms with Crippen LogP contribution in [0.3, 0.4) is 0 Å². The fourth-order valence-electron chi connectivity index (χ4n) is 1.53. The molecule has 0 atom stereocenters. The molecule has 0 unspecified atom stereocenters. The third-order valence-electron chi connectivity index (χ3n) is 2.25. The van der Waals surface area contributed by atoms with Gasteiger partial charge in [0.15, 0.2) is 0 Å². The molecule has 0 aromatic carbocycles. The first kappa shape index (κ1) is 11.4. The molecule has 0 aliphatic carbocycles. The molecule has 2 heterocycles. The molecule has 0 aliphatic rings. The quantitative estimate of drug-likeness (QED) is 0.890. The number of rotatable bonds is 3. The zero-order valence-electron chi connectivity index (χ0n) is 9.24. The molecular weight excluding hydrogens is 238 g/mol. The van der Waals surface area contributed by atoms with E-state index < -0.39 is 0 Å². The van der Waals surface area contributed by atoms with E-state index in [1.807, 2.05) is 37.4 Å². The first-order valence-corrected chi connectivity index (χ1v) is 6.74. The van der Waals surface area contributed by atoms with Crippen LogP contribution in [0.4, 0.5) is 0 Å². The first-order valence-electron chi connectivity index (χ1n) is 5.04. The van der Waals surface area contributed by atoms with Gasteiger partial charge in [-0.15, -0.1) is 22.7 Å². The lowest BCUT2D eigenvalue weighted by atomic mass is 10.2. The van der Waals surface area contributed by atoms with Gasteiger partial charge in [-0.2, -0.15) is 0 Å². The lowest BCUT2D eigenvalue weighted by Gasteiger charge is -2.02. The van der Waals surface area contributed by atoms with E-state index in [1.54, 1.807) is 22.7 Å². The molecular formula is C12H13NOS2. The number of carbonyl (C=O) groups is 1. The highest BCUT2D eigenvalue weighted by Gasteiger charge is 2.11. The summed E-state index contributed by atoms with van der Waals surface area (Å²) in [5, 5.41) is 4.95. The SMILES string of the molecule is Cc1cc(C)c(C(=O)NCc2cccs2)s1. The smallest absolute Gasteiger partial charge is 0.261 e. The van der Waals surface area contributed by atoms with Gasteiger partial charge in [0, 0.05) is 9.75 Å². The van der Waals surface area contributed by atoms with E-state index in [1.165, 1.54) is 9.75 Å². The van der Waals surface area contributed by atoms with Gasteiger partial charge in [0.25, 0.3) is 5.91 Å². The van der Waals surface area contributed by atoms with Crippen LogP contribution in [0.15, 0.2) is 23.6 Å². The highest BCUT2D eigenvalue weighted by molar-refractivity contribution is 7.14. The Hall–Kier alpha value is -1.13. The van der Waals surface area contributed by atoms with Crippen LogP contribution in [0.2, 0.25) is 0 Å². The van der Waals surface area contributed by atoms with Gasteiger partial charge < -0.3 is 5.32 Å². The van der Waals surface area contributed by atoms with Crippen molar-refractivity contribution in [3.8, 4) is 0 Å². The maximum absolute atomic E-state index is 11.9. The van der Waals surface area contributed by atoms with Crippen LogP contribution in [0, 0.1) is 13.8 Å². The topological polar surface area (TPSA) is 29.1 Å². The molecule has 1 amide bonds. The van der Waals surface area contributed by atoms with Crippen LogP contribution < -0.4 is 5.32 Å². The molecule has 0 saturated heterocycles. The third-order valence-corrected chi connectivity index (χ3v) is 4.28. The summed E-state index contributed by atoms with van der Waals surface area (Å²) in [6.45, 7) is 4.62. The summed E-state index contributed by atoms with van der Waals surface area (Å²) in [5.41, 5.74) is 1.06. The standard InChI is InChI=1S/C12H13NOS2/c1-8-6-9(2)16-11(8)12(14)13-7-10-4-3-5-15-10/h3-6H,7H2,1-2H3,(H,13,14). The van der Waals surface area contributed by atoms with Crippen LogP contribution in [0.25, 0.3) is 0 Å². The van der Waals surface area contributed by atoms with E-state index in [4.69, 9.17) is 0 Å². The van der Waals surface area contributed by atoms with Gasteiger partial charge in [-0.3, -0.25) is 4.79 Å². The monoisotopic (exact) mass is 251 g/mol. The molecule has 0 saturated carbocycles. The van der Waals surface area contributed by atoms with E-state index in [0.29, 0.717) is 6.54 Å². The van der Waals surface area contributed by atoms with Crippen LogP contribution in [-0.2, 0) is 6.54 Å². The summed E-state index contributed by atoms with van der Waals surface area (Å²) in [7, 11) is 0. The Balaban J connectivity index is 2.01. The van der Waals surface area contributed by atoms with Crippen molar-refractivity contribution in [2.45, 2.75) is 20.4 Å². The average molecular weight is 251 g/mol. The van der Waals surface area contributed by atoms with Crippen molar-refractivity contribution in [1.29, 1.82) is 0 Å². The van der Waals surface area contributed by atoms with Crippen molar-refractivity contribution in [1.82, 2.24) is 5.32 Å². The largest absolute Gasteiger partial charge is 0.346 e. The second-order valence-corrected chi connectivity index (χ2v) is 5.92. The zero-order valence-corrected chi connectivity index (χ0v) is 10.9. The second kappa shape index (κ2) is 4.80. The van der Waals surface area contributed by atoms with Gasteiger partial charge in [0.2, 0.25) is 0 Å². The van der Waals surface area contributed by atoms with Crippen molar-refractivity contribution in [3.63, 3.8) is 0 Å². The maximum atomic E-state index is 11.9. The van der Waals surface area contributed by atoms with E-state index >= 15 is 0 Å². The third kappa shape index (κ3) is 2.51. The summed E-state index contributed by atoms with van der Waals surface area (Å²) in [4.78, 5) is 15.1. The molecule has 4 heteroatoms. The Bertz CT molecular complexity index is 485. The van der Waals surface area contributed by atoms with Crippen molar-refractivity contribution < 1.29 is 4.79 Å².